The summed E-state index contributed by atoms with van der Waals surface area (Å²) in [5.41, 5.74) is 2.50. The van der Waals surface area contributed by atoms with Crippen LogP contribution in [0.25, 0.3) is 12.2 Å². The second kappa shape index (κ2) is 12.1. The summed E-state index contributed by atoms with van der Waals surface area (Å²) in [5.74, 6) is -0.980. The fourth-order valence-corrected chi connectivity index (χ4v) is 6.07. The van der Waals surface area contributed by atoms with E-state index >= 15 is 0 Å². The van der Waals surface area contributed by atoms with Gasteiger partial charge in [0, 0.05) is 34.1 Å². The molecule has 0 heterocycles. The molecule has 0 spiro atoms. The molecule has 38 heavy (non-hydrogen) atoms. The lowest BCUT2D eigenvalue weighted by molar-refractivity contribution is -0.991. The van der Waals surface area contributed by atoms with Gasteiger partial charge >= 0.3 is 0 Å². The summed E-state index contributed by atoms with van der Waals surface area (Å²) in [5, 5.41) is 40.9. The van der Waals surface area contributed by atoms with Crippen molar-refractivity contribution in [1.29, 1.82) is 0 Å². The quantitative estimate of drug-likeness (QED) is 0.274. The minimum absolute atomic E-state index is 0.0480. The second-order valence-electron chi connectivity index (χ2n) is 8.71. The third-order valence-corrected chi connectivity index (χ3v) is 8.35. The molecule has 0 aliphatic carbocycles. The molecule has 202 valence electrons. The summed E-state index contributed by atoms with van der Waals surface area (Å²) in [6.07, 6.45) is 2.41. The lowest BCUT2D eigenvalue weighted by Gasteiger charge is -2.14. The molecule has 2 unspecified atom stereocenters. The van der Waals surface area contributed by atoms with Gasteiger partial charge in [0.05, 0.1) is 11.5 Å². The standard InChI is InChI=1S/C26H28N2O8S2/c1-19-15-23(17-37(33,34)13-11-21-7-3-5-9-25(21)27(29)30)24(16-20(19)2)18-38(35,36)14-12-22-8-4-6-10-26(22)28(31)32/h3-16,27-29,31H,17-18H2,1-2H3/b13-11+,14-12+. The molecule has 0 saturated carbocycles. The van der Waals surface area contributed by atoms with Crippen LogP contribution in [0.4, 0.5) is 11.4 Å². The number of benzene rings is 3. The second-order valence-corrected chi connectivity index (χ2v) is 12.5. The molecule has 0 bridgehead atoms. The van der Waals surface area contributed by atoms with E-state index in [2.05, 4.69) is 0 Å². The van der Waals surface area contributed by atoms with Crippen molar-refractivity contribution in [3.63, 3.8) is 0 Å². The van der Waals surface area contributed by atoms with Gasteiger partial charge in [0.1, 0.15) is 0 Å². The molecule has 0 aromatic heterocycles. The van der Waals surface area contributed by atoms with Crippen LogP contribution in [0.1, 0.15) is 33.4 Å². The molecule has 2 atom stereocenters. The Kier molecular flexibility index (Phi) is 9.35. The number of nitrogens with one attached hydrogen (secondary N) is 2. The lowest BCUT2D eigenvalue weighted by atomic mass is 10.0. The lowest BCUT2D eigenvalue weighted by Crippen LogP contribution is -2.99. The summed E-state index contributed by atoms with van der Waals surface area (Å²) in [6.45, 7) is 3.57. The van der Waals surface area contributed by atoms with Crippen molar-refractivity contribution < 1.29 is 37.7 Å². The highest BCUT2D eigenvalue weighted by Crippen LogP contribution is 2.23. The smallest absolute Gasteiger partial charge is 0.175 e. The maximum atomic E-state index is 12.9. The van der Waals surface area contributed by atoms with Crippen molar-refractivity contribution in [2.75, 3.05) is 0 Å². The maximum Gasteiger partial charge on any atom is 0.175 e. The highest BCUT2D eigenvalue weighted by molar-refractivity contribution is 7.94. The van der Waals surface area contributed by atoms with E-state index in [9.17, 15) is 37.7 Å². The van der Waals surface area contributed by atoms with Crippen LogP contribution >= 0.6 is 0 Å². The van der Waals surface area contributed by atoms with Gasteiger partial charge in [-0.2, -0.15) is 10.5 Å². The van der Waals surface area contributed by atoms with E-state index in [1.54, 1.807) is 38.1 Å². The highest BCUT2D eigenvalue weighted by atomic mass is 32.2. The van der Waals surface area contributed by atoms with Crippen LogP contribution in [0.5, 0.6) is 0 Å². The van der Waals surface area contributed by atoms with E-state index in [0.29, 0.717) is 11.1 Å². The Morgan fingerprint density at radius 1 is 0.684 bits per heavy atom. The fourth-order valence-electron chi connectivity index (χ4n) is 3.76. The van der Waals surface area contributed by atoms with Crippen molar-refractivity contribution in [1.82, 2.24) is 0 Å². The van der Waals surface area contributed by atoms with Crippen molar-refractivity contribution in [3.05, 3.63) is 115 Å². The Labute approximate surface area is 221 Å². The van der Waals surface area contributed by atoms with Gasteiger partial charge in [-0.1, -0.05) is 36.4 Å². The van der Waals surface area contributed by atoms with Crippen molar-refractivity contribution >= 4 is 43.2 Å². The predicted molar refractivity (Wildman–Crippen MR) is 144 cm³/mol. The molecule has 0 amide bonds. The molecule has 4 N–H and O–H groups in total. The summed E-state index contributed by atoms with van der Waals surface area (Å²) in [4.78, 5) is 0. The Morgan fingerprint density at radius 3 is 1.37 bits per heavy atom. The molecule has 3 aromatic rings. The molecule has 0 aliphatic heterocycles. The first-order valence-electron chi connectivity index (χ1n) is 11.3. The number of hydrogen-bond acceptors (Lipinski definition) is 8. The number of aryl methyl sites for hydroxylation is 2. The maximum absolute atomic E-state index is 12.9. The van der Waals surface area contributed by atoms with Crippen molar-refractivity contribution in [2.45, 2.75) is 25.4 Å². The normalized spacial score (nSPS) is 14.3. The number of hydrogen-bond donors (Lipinski definition) is 4. The van der Waals surface area contributed by atoms with Crippen LogP contribution in [-0.2, 0) is 31.2 Å². The minimum Gasteiger partial charge on any atom is -0.595 e. The zero-order chi connectivity index (χ0) is 28.1. The molecule has 3 rings (SSSR count). The van der Waals surface area contributed by atoms with Gasteiger partial charge in [0.15, 0.2) is 31.0 Å². The number of para-hydroxylation sites is 2. The van der Waals surface area contributed by atoms with E-state index in [0.717, 1.165) is 21.9 Å². The van der Waals surface area contributed by atoms with Gasteiger partial charge in [0.2, 0.25) is 0 Å². The Morgan fingerprint density at radius 2 is 1.03 bits per heavy atom. The molecule has 0 aliphatic rings. The van der Waals surface area contributed by atoms with Crippen LogP contribution in [0.15, 0.2) is 71.5 Å². The van der Waals surface area contributed by atoms with Crippen LogP contribution < -0.4 is 10.5 Å². The van der Waals surface area contributed by atoms with Gasteiger partial charge in [-0.15, -0.1) is 0 Å². The first kappa shape index (κ1) is 29.4. The third kappa shape index (κ3) is 7.90. The third-order valence-electron chi connectivity index (χ3n) is 5.82. The van der Waals surface area contributed by atoms with E-state index in [4.69, 9.17) is 0 Å². The zero-order valence-corrected chi connectivity index (χ0v) is 22.3. The summed E-state index contributed by atoms with van der Waals surface area (Å²) in [7, 11) is -7.81. The molecule has 0 fully saturated rings. The average molecular weight is 561 g/mol. The Bertz CT molecular complexity index is 1460. The first-order valence-corrected chi connectivity index (χ1v) is 14.8. The van der Waals surface area contributed by atoms with Gasteiger partial charge < -0.3 is 10.4 Å². The number of sulfone groups is 2. The molecular weight excluding hydrogens is 532 g/mol. The van der Waals surface area contributed by atoms with Gasteiger partial charge in [0.25, 0.3) is 0 Å². The highest BCUT2D eigenvalue weighted by Gasteiger charge is 2.18. The average Bonchev–Trinajstić information content (AvgIpc) is 2.84. The van der Waals surface area contributed by atoms with Gasteiger partial charge in [-0.3, -0.25) is 0 Å². The van der Waals surface area contributed by atoms with E-state index in [-0.39, 0.29) is 22.5 Å². The van der Waals surface area contributed by atoms with Gasteiger partial charge in [-0.25, -0.2) is 27.3 Å². The van der Waals surface area contributed by atoms with E-state index < -0.39 is 41.6 Å². The summed E-state index contributed by atoms with van der Waals surface area (Å²) >= 11 is 0. The summed E-state index contributed by atoms with van der Waals surface area (Å²) in [6, 6.07) is 15.2. The Hall–Kier alpha value is -3.20. The zero-order valence-electron chi connectivity index (χ0n) is 20.7. The van der Waals surface area contributed by atoms with Crippen LogP contribution in [0, 0.1) is 24.3 Å². The van der Waals surface area contributed by atoms with E-state index in [1.165, 1.54) is 48.6 Å². The first-order chi connectivity index (χ1) is 17.8. The number of rotatable bonds is 10. The Balaban J connectivity index is 1.90. The van der Waals surface area contributed by atoms with Crippen LogP contribution in [0.3, 0.4) is 0 Å². The molecule has 3 aromatic carbocycles. The van der Waals surface area contributed by atoms with Crippen molar-refractivity contribution in [2.24, 2.45) is 0 Å². The molecule has 0 radical (unpaired) electrons. The fraction of sp³-hybridized carbons (Fsp3) is 0.154. The van der Waals surface area contributed by atoms with Gasteiger partial charge in [-0.05, 0) is 60.4 Å². The molecular formula is C26H28N2O8S2. The predicted octanol–water partition coefficient (Wildman–Crippen LogP) is 2.28. The summed E-state index contributed by atoms with van der Waals surface area (Å²) < 4.78 is 51.7. The largest absolute Gasteiger partial charge is 0.595 e. The molecule has 0 saturated heterocycles. The van der Waals surface area contributed by atoms with Crippen LogP contribution in [0.2, 0.25) is 0 Å². The number of quaternary nitrogens is 2. The van der Waals surface area contributed by atoms with Crippen LogP contribution in [-0.4, -0.2) is 27.3 Å². The molecule has 10 nitrogen and oxygen atoms in total. The monoisotopic (exact) mass is 560 g/mol. The minimum atomic E-state index is -3.90. The topological polar surface area (TPSA) is 164 Å². The SMILES string of the molecule is Cc1cc(CS(=O)(=O)/C=C/c2ccccc2[NH+]([O-])O)c(CS(=O)(=O)/C=C/c2ccccc2[NH+]([O-])O)cc1C. The molecule has 12 heteroatoms. The van der Waals surface area contributed by atoms with Crippen molar-refractivity contribution in [3.8, 4) is 0 Å². The van der Waals surface area contributed by atoms with E-state index in [1.807, 2.05) is 0 Å².